The first-order chi connectivity index (χ1) is 21.9. The van der Waals surface area contributed by atoms with Crippen molar-refractivity contribution >= 4 is 26.8 Å². The van der Waals surface area contributed by atoms with Crippen LogP contribution < -0.4 is 0 Å². The molecule has 0 amide bonds. The van der Waals surface area contributed by atoms with E-state index in [0.29, 0.717) is 13.0 Å². The molecule has 0 aliphatic heterocycles. The highest BCUT2D eigenvalue weighted by Gasteiger charge is 2.53. The topological polar surface area (TPSA) is 91.3 Å². The Morgan fingerprint density at radius 2 is 1.55 bits per heavy atom. The average Bonchev–Trinajstić information content (AvgIpc) is 3.02. The van der Waals surface area contributed by atoms with Gasteiger partial charge in [-0.15, -0.1) is 6.58 Å². The van der Waals surface area contributed by atoms with Crippen molar-refractivity contribution in [3.63, 3.8) is 0 Å². The molecule has 3 rings (SSSR count). The van der Waals surface area contributed by atoms with Crippen LogP contribution in [0.5, 0.6) is 0 Å². The molecule has 2 aromatic rings. The van der Waals surface area contributed by atoms with Crippen LogP contribution in [0.15, 0.2) is 72.1 Å². The third-order valence-corrected chi connectivity index (χ3v) is 21.3. The van der Waals surface area contributed by atoms with Crippen molar-refractivity contribution in [3.8, 4) is 0 Å². The van der Waals surface area contributed by atoms with E-state index in [0.717, 1.165) is 29.3 Å². The quantitative estimate of drug-likeness (QED) is 0.106. The molecule has 1 fully saturated rings. The van der Waals surface area contributed by atoms with Gasteiger partial charge in [0.2, 0.25) is 0 Å². The maximum absolute atomic E-state index is 14.0. The molecule has 0 heterocycles. The van der Waals surface area contributed by atoms with Crippen molar-refractivity contribution in [1.82, 2.24) is 0 Å². The number of aliphatic hydroxyl groups excluding tert-OH is 1. The summed E-state index contributed by atoms with van der Waals surface area (Å²) in [7, 11) is -8.76. The Bertz CT molecular complexity index is 1360. The monoisotopic (exact) mass is 704 g/mol. The number of benzene rings is 2. The van der Waals surface area contributed by atoms with E-state index in [1.54, 1.807) is 24.3 Å². The normalized spacial score (nSPS) is 24.1. The average molecular weight is 705 g/mol. The molecule has 1 aliphatic rings. The Morgan fingerprint density at radius 1 is 0.979 bits per heavy atom. The lowest BCUT2D eigenvalue weighted by molar-refractivity contribution is -0.162. The lowest BCUT2D eigenvalue weighted by Crippen LogP contribution is -2.60. The fraction of sp³-hybridized carbons (Fsp3) is 0.622. The van der Waals surface area contributed by atoms with Gasteiger partial charge in [-0.2, -0.15) is 8.42 Å². The summed E-state index contributed by atoms with van der Waals surface area (Å²) in [6, 6.07) is 19.2. The van der Waals surface area contributed by atoms with Crippen molar-refractivity contribution in [2.75, 3.05) is 0 Å². The summed E-state index contributed by atoms with van der Waals surface area (Å²) in [4.78, 5) is 0.0664. The second kappa shape index (κ2) is 16.4. The number of aliphatic hydroxyl groups is 1. The van der Waals surface area contributed by atoms with Crippen molar-refractivity contribution in [3.05, 3.63) is 78.4 Å². The summed E-state index contributed by atoms with van der Waals surface area (Å²) in [6.07, 6.45) is -1.46. The van der Waals surface area contributed by atoms with Crippen LogP contribution in [0.2, 0.25) is 36.3 Å². The highest BCUT2D eigenvalue weighted by Crippen LogP contribution is 2.45. The molecular formula is C37H60O7SSi2. The van der Waals surface area contributed by atoms with Crippen LogP contribution in [0.3, 0.4) is 0 Å². The van der Waals surface area contributed by atoms with E-state index in [4.69, 9.17) is 17.8 Å². The Kier molecular flexibility index (Phi) is 13.9. The standard InChI is InChI=1S/C37H60O7SSi2/c1-12-31-32(44-46(10,11)37(7,8)9)25-33(41-26-29-19-17-16-18-20-29)35(38)34(31)36(28(6)43-47(13-2,14-3)15-4)42-45(39,40)30-23-21-27(5)22-24-30/h12,16-24,28,31-36,38H,1,13-15,25-26H2,2-11H3/t28-,31-,32+,33-,34+,35+,36-/m0/s1. The SMILES string of the molecule is C=C[C@@H]1[C@@H]([C@@H](OS(=O)(=O)c2ccc(C)cc2)[C@H](C)O[Si](CC)(CC)CC)[C@H](O)[C@@H](OCc2ccccc2)C[C@H]1O[Si](C)(C)C(C)(C)C. The van der Waals surface area contributed by atoms with Gasteiger partial charge in [-0.25, -0.2) is 0 Å². The van der Waals surface area contributed by atoms with Crippen LogP contribution in [0, 0.1) is 18.8 Å². The highest BCUT2D eigenvalue weighted by atomic mass is 32.2. The van der Waals surface area contributed by atoms with E-state index in [-0.39, 0.29) is 16.0 Å². The number of hydrogen-bond acceptors (Lipinski definition) is 7. The van der Waals surface area contributed by atoms with Crippen LogP contribution in [0.25, 0.3) is 0 Å². The molecule has 10 heteroatoms. The lowest BCUT2D eigenvalue weighted by Gasteiger charge is -2.51. The molecule has 0 unspecified atom stereocenters. The smallest absolute Gasteiger partial charge is 0.297 e. The Balaban J connectivity index is 2.15. The zero-order chi connectivity index (χ0) is 35.2. The van der Waals surface area contributed by atoms with Crippen LogP contribution in [-0.2, 0) is 34.5 Å². The molecule has 0 spiro atoms. The third-order valence-electron chi connectivity index (χ3n) is 10.7. The fourth-order valence-corrected chi connectivity index (χ4v) is 11.9. The molecule has 2 aromatic carbocycles. The minimum absolute atomic E-state index is 0.0664. The predicted molar refractivity (Wildman–Crippen MR) is 196 cm³/mol. The van der Waals surface area contributed by atoms with Crippen LogP contribution in [0.1, 0.15) is 66.0 Å². The van der Waals surface area contributed by atoms with E-state index in [1.165, 1.54) is 0 Å². The lowest BCUT2D eigenvalue weighted by atomic mass is 9.70. The fourth-order valence-electron chi connectivity index (χ4n) is 6.42. The summed E-state index contributed by atoms with van der Waals surface area (Å²) < 4.78 is 54.7. The van der Waals surface area contributed by atoms with E-state index in [2.05, 4.69) is 61.2 Å². The molecule has 7 nitrogen and oxygen atoms in total. The second-order valence-corrected chi connectivity index (χ2v) is 25.8. The molecular weight excluding hydrogens is 645 g/mol. The van der Waals surface area contributed by atoms with Crippen molar-refractivity contribution in [2.24, 2.45) is 11.8 Å². The largest absolute Gasteiger partial charge is 0.413 e. The van der Waals surface area contributed by atoms with Crippen molar-refractivity contribution in [1.29, 1.82) is 0 Å². The van der Waals surface area contributed by atoms with Crippen molar-refractivity contribution in [2.45, 2.75) is 140 Å². The zero-order valence-electron chi connectivity index (χ0n) is 30.4. The summed E-state index contributed by atoms with van der Waals surface area (Å²) in [5.74, 6) is -1.15. The first kappa shape index (κ1) is 39.8. The number of rotatable bonds is 16. The zero-order valence-corrected chi connectivity index (χ0v) is 33.2. The molecule has 0 bridgehead atoms. The maximum Gasteiger partial charge on any atom is 0.297 e. The second-order valence-electron chi connectivity index (χ2n) is 14.8. The molecule has 1 N–H and O–H groups in total. The molecule has 0 saturated heterocycles. The van der Waals surface area contributed by atoms with Gasteiger partial charge in [-0.1, -0.05) is 95.6 Å². The summed E-state index contributed by atoms with van der Waals surface area (Å²) in [5.41, 5.74) is 1.93. The number of aryl methyl sites for hydroxylation is 1. The minimum Gasteiger partial charge on any atom is -0.413 e. The number of ether oxygens (including phenoxy) is 1. The molecule has 7 atom stereocenters. The van der Waals surface area contributed by atoms with Crippen LogP contribution in [0.4, 0.5) is 0 Å². The summed E-state index contributed by atoms with van der Waals surface area (Å²) in [6.45, 7) is 25.7. The van der Waals surface area contributed by atoms with E-state index < -0.39 is 63.0 Å². The van der Waals surface area contributed by atoms with E-state index in [1.807, 2.05) is 50.3 Å². The minimum atomic E-state index is -4.23. The predicted octanol–water partition coefficient (Wildman–Crippen LogP) is 8.64. The van der Waals surface area contributed by atoms with Gasteiger partial charge >= 0.3 is 0 Å². The Labute approximate surface area is 287 Å². The molecule has 0 aromatic heterocycles. The summed E-state index contributed by atoms with van der Waals surface area (Å²) >= 11 is 0. The van der Waals surface area contributed by atoms with Gasteiger partial charge in [-0.3, -0.25) is 4.18 Å². The first-order valence-corrected chi connectivity index (χ1v) is 24.1. The molecule has 1 saturated carbocycles. The maximum atomic E-state index is 14.0. The van der Waals surface area contributed by atoms with E-state index in [9.17, 15) is 13.5 Å². The molecule has 0 radical (unpaired) electrons. The number of hydrogen-bond donors (Lipinski definition) is 1. The molecule has 1 aliphatic carbocycles. The van der Waals surface area contributed by atoms with Crippen LogP contribution in [-0.4, -0.2) is 60.7 Å². The van der Waals surface area contributed by atoms with Gasteiger partial charge in [-0.05, 0) is 67.8 Å². The molecule has 264 valence electrons. The highest BCUT2D eigenvalue weighted by molar-refractivity contribution is 7.86. The van der Waals surface area contributed by atoms with Crippen LogP contribution >= 0.6 is 0 Å². The van der Waals surface area contributed by atoms with Gasteiger partial charge in [0.25, 0.3) is 10.1 Å². The summed E-state index contributed by atoms with van der Waals surface area (Å²) in [5, 5.41) is 12.2. The first-order valence-electron chi connectivity index (χ1n) is 17.3. The van der Waals surface area contributed by atoms with E-state index >= 15 is 0 Å². The van der Waals surface area contributed by atoms with Gasteiger partial charge in [0, 0.05) is 18.3 Å². The third kappa shape index (κ3) is 9.75. The van der Waals surface area contributed by atoms with Gasteiger partial charge in [0.1, 0.15) is 6.10 Å². The van der Waals surface area contributed by atoms with Gasteiger partial charge in [0.15, 0.2) is 16.6 Å². The van der Waals surface area contributed by atoms with Gasteiger partial charge in [0.05, 0.1) is 35.9 Å². The Hall–Kier alpha value is -1.64. The van der Waals surface area contributed by atoms with Gasteiger partial charge < -0.3 is 18.7 Å². The Morgan fingerprint density at radius 3 is 2.06 bits per heavy atom. The van der Waals surface area contributed by atoms with Crippen molar-refractivity contribution < 1.29 is 31.3 Å². The molecule has 47 heavy (non-hydrogen) atoms.